The molecule has 0 radical (unpaired) electrons. The van der Waals surface area contributed by atoms with Gasteiger partial charge < -0.3 is 16.4 Å². The van der Waals surface area contributed by atoms with E-state index in [1.807, 2.05) is 48.5 Å². The minimum Gasteiger partial charge on any atom is -0.399 e. The Balaban J connectivity index is 2.33. The van der Waals surface area contributed by atoms with E-state index in [2.05, 4.69) is 11.8 Å². The largest absolute Gasteiger partial charge is 0.399 e. The third-order valence-corrected chi connectivity index (χ3v) is 2.73. The maximum Gasteiger partial charge on any atom is 0.0412 e. The third-order valence-electron chi connectivity index (χ3n) is 2.73. The number of benzene rings is 2. The normalized spacial score (nSPS) is 10.2. The van der Waals surface area contributed by atoms with E-state index in [0.29, 0.717) is 0 Å². The van der Waals surface area contributed by atoms with Gasteiger partial charge in [-0.05, 0) is 55.5 Å². The molecule has 0 aromatic heterocycles. The second-order valence-corrected chi connectivity index (χ2v) is 3.93. The molecular weight excluding hydrogens is 210 g/mol. The Bertz CT molecular complexity index is 428. The van der Waals surface area contributed by atoms with Crippen LogP contribution in [0.25, 0.3) is 0 Å². The van der Waals surface area contributed by atoms with Crippen LogP contribution in [0.3, 0.4) is 0 Å². The number of rotatable bonds is 3. The lowest BCUT2D eigenvalue weighted by Gasteiger charge is -2.23. The molecule has 0 heterocycles. The molecule has 0 saturated heterocycles. The molecule has 0 aliphatic carbocycles. The van der Waals surface area contributed by atoms with Crippen LogP contribution in [0, 0.1) is 0 Å². The molecule has 17 heavy (non-hydrogen) atoms. The van der Waals surface area contributed by atoms with E-state index in [1.165, 1.54) is 0 Å². The van der Waals surface area contributed by atoms with Crippen LogP contribution in [-0.4, -0.2) is 6.54 Å². The van der Waals surface area contributed by atoms with E-state index >= 15 is 0 Å². The van der Waals surface area contributed by atoms with Crippen molar-refractivity contribution in [1.82, 2.24) is 0 Å². The smallest absolute Gasteiger partial charge is 0.0412 e. The van der Waals surface area contributed by atoms with Crippen LogP contribution in [0.1, 0.15) is 6.92 Å². The summed E-state index contributed by atoms with van der Waals surface area (Å²) in [5, 5.41) is 0. The van der Waals surface area contributed by atoms with E-state index < -0.39 is 0 Å². The first-order valence-electron chi connectivity index (χ1n) is 5.69. The zero-order valence-electron chi connectivity index (χ0n) is 9.93. The van der Waals surface area contributed by atoms with Crippen LogP contribution in [0.15, 0.2) is 48.5 Å². The lowest BCUT2D eigenvalue weighted by atomic mass is 10.2. The Morgan fingerprint density at radius 2 is 1.12 bits per heavy atom. The summed E-state index contributed by atoms with van der Waals surface area (Å²) in [5.74, 6) is 0. The molecular formula is C14H17N3. The zero-order chi connectivity index (χ0) is 12.3. The van der Waals surface area contributed by atoms with E-state index in [4.69, 9.17) is 11.5 Å². The first-order chi connectivity index (χ1) is 8.20. The van der Waals surface area contributed by atoms with Crippen molar-refractivity contribution >= 4 is 22.7 Å². The molecule has 2 aromatic carbocycles. The average molecular weight is 227 g/mol. The Morgan fingerprint density at radius 1 is 0.765 bits per heavy atom. The predicted molar refractivity (Wildman–Crippen MR) is 74.4 cm³/mol. The van der Waals surface area contributed by atoms with Gasteiger partial charge in [-0.3, -0.25) is 0 Å². The molecule has 2 aromatic rings. The molecule has 2 rings (SSSR count). The lowest BCUT2D eigenvalue weighted by molar-refractivity contribution is 1.02. The Hall–Kier alpha value is -2.16. The minimum atomic E-state index is 0.780. The molecule has 0 bridgehead atoms. The summed E-state index contributed by atoms with van der Waals surface area (Å²) in [4.78, 5) is 2.21. The first kappa shape index (κ1) is 11.3. The maximum absolute atomic E-state index is 5.69. The topological polar surface area (TPSA) is 55.3 Å². The average Bonchev–Trinajstić information content (AvgIpc) is 2.35. The van der Waals surface area contributed by atoms with Crippen LogP contribution in [0.2, 0.25) is 0 Å². The maximum atomic E-state index is 5.69. The van der Waals surface area contributed by atoms with Gasteiger partial charge in [-0.1, -0.05) is 0 Å². The summed E-state index contributed by atoms with van der Waals surface area (Å²) < 4.78 is 0. The summed E-state index contributed by atoms with van der Waals surface area (Å²) in [7, 11) is 0. The fourth-order valence-corrected chi connectivity index (χ4v) is 1.82. The molecule has 88 valence electrons. The quantitative estimate of drug-likeness (QED) is 0.792. The molecule has 3 heteroatoms. The number of hydrogen-bond acceptors (Lipinski definition) is 3. The van der Waals surface area contributed by atoms with E-state index in [0.717, 1.165) is 29.3 Å². The summed E-state index contributed by atoms with van der Waals surface area (Å²) >= 11 is 0. The molecule has 0 amide bonds. The zero-order valence-corrected chi connectivity index (χ0v) is 9.93. The van der Waals surface area contributed by atoms with Gasteiger partial charge in [0.15, 0.2) is 0 Å². The monoisotopic (exact) mass is 227 g/mol. The van der Waals surface area contributed by atoms with Crippen molar-refractivity contribution in [3.63, 3.8) is 0 Å². The van der Waals surface area contributed by atoms with Crippen LogP contribution >= 0.6 is 0 Å². The highest BCUT2D eigenvalue weighted by atomic mass is 15.1. The van der Waals surface area contributed by atoms with Crippen LogP contribution in [-0.2, 0) is 0 Å². The Kier molecular flexibility index (Phi) is 3.19. The molecule has 0 atom stereocenters. The molecule has 0 aliphatic rings. The molecule has 4 N–H and O–H groups in total. The molecule has 0 aliphatic heterocycles. The summed E-state index contributed by atoms with van der Waals surface area (Å²) in [6.45, 7) is 3.01. The second kappa shape index (κ2) is 4.78. The van der Waals surface area contributed by atoms with E-state index in [-0.39, 0.29) is 0 Å². The van der Waals surface area contributed by atoms with Gasteiger partial charge in [0, 0.05) is 29.3 Å². The predicted octanol–water partition coefficient (Wildman–Crippen LogP) is 3.01. The number of nitrogens with two attached hydrogens (primary N) is 2. The fourth-order valence-electron chi connectivity index (χ4n) is 1.82. The number of nitrogen functional groups attached to an aromatic ring is 2. The number of hydrogen-bond donors (Lipinski definition) is 2. The summed E-state index contributed by atoms with van der Waals surface area (Å²) in [6, 6.07) is 15.7. The minimum absolute atomic E-state index is 0.780. The highest BCUT2D eigenvalue weighted by Gasteiger charge is 2.06. The first-order valence-corrected chi connectivity index (χ1v) is 5.69. The van der Waals surface area contributed by atoms with Gasteiger partial charge in [-0.2, -0.15) is 0 Å². The van der Waals surface area contributed by atoms with E-state index in [1.54, 1.807) is 0 Å². The highest BCUT2D eigenvalue weighted by molar-refractivity contribution is 5.66. The standard InChI is InChI=1S/C14H17N3/c1-2-17(13-7-3-11(15)4-8-13)14-9-5-12(16)6-10-14/h3-10H,2,15-16H2,1H3. The van der Waals surface area contributed by atoms with Crippen molar-refractivity contribution in [3.05, 3.63) is 48.5 Å². The molecule has 0 unspecified atom stereocenters. The van der Waals surface area contributed by atoms with E-state index in [9.17, 15) is 0 Å². The second-order valence-electron chi connectivity index (χ2n) is 3.93. The summed E-state index contributed by atoms with van der Waals surface area (Å²) in [6.07, 6.45) is 0. The molecule has 0 fully saturated rings. The van der Waals surface area contributed by atoms with Crippen molar-refractivity contribution in [1.29, 1.82) is 0 Å². The van der Waals surface area contributed by atoms with Crippen molar-refractivity contribution in [2.75, 3.05) is 22.9 Å². The van der Waals surface area contributed by atoms with Crippen LogP contribution < -0.4 is 16.4 Å². The highest BCUT2D eigenvalue weighted by Crippen LogP contribution is 2.26. The molecule has 3 nitrogen and oxygen atoms in total. The van der Waals surface area contributed by atoms with Crippen molar-refractivity contribution in [2.45, 2.75) is 6.92 Å². The molecule has 0 spiro atoms. The van der Waals surface area contributed by atoms with Gasteiger partial charge >= 0.3 is 0 Å². The number of nitrogens with zero attached hydrogens (tertiary/aromatic N) is 1. The van der Waals surface area contributed by atoms with Crippen molar-refractivity contribution in [2.24, 2.45) is 0 Å². The lowest BCUT2D eigenvalue weighted by Crippen LogP contribution is -2.15. The van der Waals surface area contributed by atoms with Gasteiger partial charge in [-0.25, -0.2) is 0 Å². The van der Waals surface area contributed by atoms with Gasteiger partial charge in [0.1, 0.15) is 0 Å². The SMILES string of the molecule is CCN(c1ccc(N)cc1)c1ccc(N)cc1. The third kappa shape index (κ3) is 2.50. The van der Waals surface area contributed by atoms with Gasteiger partial charge in [0.2, 0.25) is 0 Å². The Morgan fingerprint density at radius 3 is 1.41 bits per heavy atom. The summed E-state index contributed by atoms with van der Waals surface area (Å²) in [5.41, 5.74) is 15.2. The Labute approximate surface area is 102 Å². The number of anilines is 4. The fraction of sp³-hybridized carbons (Fsp3) is 0.143. The van der Waals surface area contributed by atoms with Crippen molar-refractivity contribution < 1.29 is 0 Å². The van der Waals surface area contributed by atoms with Crippen LogP contribution in [0.5, 0.6) is 0 Å². The van der Waals surface area contributed by atoms with Gasteiger partial charge in [0.05, 0.1) is 0 Å². The van der Waals surface area contributed by atoms with Crippen LogP contribution in [0.4, 0.5) is 22.7 Å². The van der Waals surface area contributed by atoms with Gasteiger partial charge in [0.25, 0.3) is 0 Å². The van der Waals surface area contributed by atoms with Crippen molar-refractivity contribution in [3.8, 4) is 0 Å². The van der Waals surface area contributed by atoms with Gasteiger partial charge in [-0.15, -0.1) is 0 Å². The molecule has 0 saturated carbocycles.